The van der Waals surface area contributed by atoms with Crippen LogP contribution in [0.5, 0.6) is 0 Å². The Labute approximate surface area is 176 Å². The molecule has 1 aromatic heterocycles. The molecule has 2 aromatic rings. The first-order valence-electron chi connectivity index (χ1n) is 10.4. The van der Waals surface area contributed by atoms with Gasteiger partial charge in [0.1, 0.15) is 11.6 Å². The first-order chi connectivity index (χ1) is 14.2. The molecular formula is C23H29FN4O2. The molecule has 1 aromatic carbocycles. The summed E-state index contributed by atoms with van der Waals surface area (Å²) in [6.45, 7) is 8.79. The molecule has 1 N–H and O–H groups in total. The van der Waals surface area contributed by atoms with Crippen molar-refractivity contribution in [1.29, 1.82) is 0 Å². The van der Waals surface area contributed by atoms with Gasteiger partial charge in [0.25, 0.3) is 5.91 Å². The van der Waals surface area contributed by atoms with Gasteiger partial charge in [-0.15, -0.1) is 0 Å². The van der Waals surface area contributed by atoms with Crippen molar-refractivity contribution in [3.05, 3.63) is 58.4 Å². The van der Waals surface area contributed by atoms with Gasteiger partial charge in [0.15, 0.2) is 0 Å². The Balaban J connectivity index is 1.75. The highest BCUT2D eigenvalue weighted by molar-refractivity contribution is 5.94. The lowest BCUT2D eigenvalue weighted by Crippen LogP contribution is -2.39. The SMILES string of the molecule is Cc1nc(C2CCCN(C(=O)c3cccc(F)c3)C2)nc(C)c1CC(=O)NC(C)C. The van der Waals surface area contributed by atoms with Crippen molar-refractivity contribution in [2.75, 3.05) is 13.1 Å². The smallest absolute Gasteiger partial charge is 0.253 e. The fourth-order valence-electron chi connectivity index (χ4n) is 3.91. The van der Waals surface area contributed by atoms with Gasteiger partial charge in [-0.2, -0.15) is 0 Å². The van der Waals surface area contributed by atoms with Gasteiger partial charge in [-0.05, 0) is 58.7 Å². The van der Waals surface area contributed by atoms with Crippen molar-refractivity contribution >= 4 is 11.8 Å². The minimum absolute atomic E-state index is 0.0206. The molecule has 1 atom stereocenters. The molecule has 0 saturated carbocycles. The van der Waals surface area contributed by atoms with Crippen LogP contribution in [0.25, 0.3) is 0 Å². The number of piperidine rings is 1. The molecule has 160 valence electrons. The number of nitrogens with one attached hydrogen (secondary N) is 1. The average molecular weight is 413 g/mol. The van der Waals surface area contributed by atoms with Crippen LogP contribution in [-0.2, 0) is 11.2 Å². The second-order valence-corrected chi connectivity index (χ2v) is 8.23. The van der Waals surface area contributed by atoms with E-state index in [0.717, 1.165) is 29.8 Å². The van der Waals surface area contributed by atoms with E-state index in [-0.39, 0.29) is 30.2 Å². The predicted octanol–water partition coefficient (Wildman–Crippen LogP) is 3.32. The molecule has 0 spiro atoms. The summed E-state index contributed by atoms with van der Waals surface area (Å²) in [5, 5.41) is 2.90. The third kappa shape index (κ3) is 5.20. The number of hydrogen-bond donors (Lipinski definition) is 1. The highest BCUT2D eigenvalue weighted by Crippen LogP contribution is 2.27. The summed E-state index contributed by atoms with van der Waals surface area (Å²) in [5.74, 6) is 0.0924. The Hall–Kier alpha value is -2.83. The summed E-state index contributed by atoms with van der Waals surface area (Å²) >= 11 is 0. The monoisotopic (exact) mass is 412 g/mol. The molecule has 3 rings (SSSR count). The highest BCUT2D eigenvalue weighted by Gasteiger charge is 2.28. The summed E-state index contributed by atoms with van der Waals surface area (Å²) in [6, 6.07) is 5.87. The van der Waals surface area contributed by atoms with E-state index in [1.165, 1.54) is 12.1 Å². The number of carbonyl (C=O) groups is 2. The quantitative estimate of drug-likeness (QED) is 0.818. The first-order valence-corrected chi connectivity index (χ1v) is 10.4. The maximum absolute atomic E-state index is 13.5. The molecule has 1 saturated heterocycles. The van der Waals surface area contributed by atoms with Gasteiger partial charge in [-0.3, -0.25) is 9.59 Å². The summed E-state index contributed by atoms with van der Waals surface area (Å²) in [4.78, 5) is 36.1. The summed E-state index contributed by atoms with van der Waals surface area (Å²) < 4.78 is 13.5. The molecule has 0 aliphatic carbocycles. The van der Waals surface area contributed by atoms with Gasteiger partial charge in [0, 0.05) is 47.6 Å². The Kier molecular flexibility index (Phi) is 6.80. The normalized spacial score (nSPS) is 16.6. The van der Waals surface area contributed by atoms with Crippen LogP contribution < -0.4 is 5.32 Å². The van der Waals surface area contributed by atoms with E-state index in [9.17, 15) is 14.0 Å². The van der Waals surface area contributed by atoms with Crippen LogP contribution in [-0.4, -0.2) is 45.8 Å². The van der Waals surface area contributed by atoms with E-state index < -0.39 is 5.82 Å². The molecule has 30 heavy (non-hydrogen) atoms. The van der Waals surface area contributed by atoms with Crippen molar-refractivity contribution in [2.24, 2.45) is 0 Å². The third-order valence-corrected chi connectivity index (χ3v) is 5.37. The minimum Gasteiger partial charge on any atom is -0.354 e. The minimum atomic E-state index is -0.416. The molecule has 2 amide bonds. The lowest BCUT2D eigenvalue weighted by molar-refractivity contribution is -0.120. The summed E-state index contributed by atoms with van der Waals surface area (Å²) in [7, 11) is 0. The summed E-state index contributed by atoms with van der Waals surface area (Å²) in [5.41, 5.74) is 2.80. The number of likely N-dealkylation sites (tertiary alicyclic amines) is 1. The number of carbonyl (C=O) groups excluding carboxylic acids is 2. The van der Waals surface area contributed by atoms with Gasteiger partial charge in [-0.25, -0.2) is 14.4 Å². The van der Waals surface area contributed by atoms with Crippen LogP contribution in [0.4, 0.5) is 4.39 Å². The number of rotatable bonds is 5. The van der Waals surface area contributed by atoms with Crippen LogP contribution in [0.2, 0.25) is 0 Å². The van der Waals surface area contributed by atoms with E-state index in [1.54, 1.807) is 17.0 Å². The molecule has 7 heteroatoms. The van der Waals surface area contributed by atoms with E-state index >= 15 is 0 Å². The van der Waals surface area contributed by atoms with E-state index in [1.807, 2.05) is 27.7 Å². The molecule has 1 aliphatic rings. The largest absolute Gasteiger partial charge is 0.354 e. The number of nitrogens with zero attached hydrogens (tertiary/aromatic N) is 3. The molecule has 1 aliphatic heterocycles. The standard InChI is InChI=1S/C23H29FN4O2/c1-14(2)25-21(29)12-20-15(3)26-22(27-16(20)4)18-8-6-10-28(13-18)23(30)17-7-5-9-19(24)11-17/h5,7,9,11,14,18H,6,8,10,12-13H2,1-4H3,(H,25,29). The van der Waals surface area contributed by atoms with Gasteiger partial charge in [0.2, 0.25) is 5.91 Å². The molecule has 1 fully saturated rings. The van der Waals surface area contributed by atoms with Crippen LogP contribution >= 0.6 is 0 Å². The lowest BCUT2D eigenvalue weighted by atomic mass is 9.95. The van der Waals surface area contributed by atoms with Crippen LogP contribution in [0.3, 0.4) is 0 Å². The van der Waals surface area contributed by atoms with Crippen molar-refractivity contribution in [1.82, 2.24) is 20.2 Å². The zero-order valence-corrected chi connectivity index (χ0v) is 18.0. The average Bonchev–Trinajstić information content (AvgIpc) is 2.69. The van der Waals surface area contributed by atoms with Crippen LogP contribution in [0.1, 0.15) is 65.7 Å². The molecule has 2 heterocycles. The van der Waals surface area contributed by atoms with Gasteiger partial charge in [0.05, 0.1) is 6.42 Å². The van der Waals surface area contributed by atoms with Crippen molar-refractivity contribution in [3.63, 3.8) is 0 Å². The Morgan fingerprint density at radius 1 is 1.23 bits per heavy atom. The number of halogens is 1. The second kappa shape index (κ2) is 9.32. The van der Waals surface area contributed by atoms with Crippen molar-refractivity contribution < 1.29 is 14.0 Å². The Bertz CT molecular complexity index is 922. The zero-order chi connectivity index (χ0) is 21.8. The highest BCUT2D eigenvalue weighted by atomic mass is 19.1. The van der Waals surface area contributed by atoms with Crippen LogP contribution in [0, 0.1) is 19.7 Å². The Morgan fingerprint density at radius 3 is 2.57 bits per heavy atom. The molecule has 0 bridgehead atoms. The molecule has 1 unspecified atom stereocenters. The number of benzene rings is 1. The van der Waals surface area contributed by atoms with Gasteiger partial charge < -0.3 is 10.2 Å². The van der Waals surface area contributed by atoms with Crippen LogP contribution in [0.15, 0.2) is 24.3 Å². The van der Waals surface area contributed by atoms with E-state index in [0.29, 0.717) is 24.5 Å². The molecule has 6 nitrogen and oxygen atoms in total. The maximum atomic E-state index is 13.5. The van der Waals surface area contributed by atoms with Gasteiger partial charge in [-0.1, -0.05) is 6.07 Å². The number of amides is 2. The number of aryl methyl sites for hydroxylation is 2. The predicted molar refractivity (Wildman–Crippen MR) is 113 cm³/mol. The number of hydrogen-bond acceptors (Lipinski definition) is 4. The first kappa shape index (κ1) is 21.9. The zero-order valence-electron chi connectivity index (χ0n) is 18.0. The summed E-state index contributed by atoms with van der Waals surface area (Å²) in [6.07, 6.45) is 1.98. The maximum Gasteiger partial charge on any atom is 0.253 e. The van der Waals surface area contributed by atoms with Crippen molar-refractivity contribution in [2.45, 2.75) is 58.9 Å². The van der Waals surface area contributed by atoms with Gasteiger partial charge >= 0.3 is 0 Å². The topological polar surface area (TPSA) is 75.2 Å². The molecule has 0 radical (unpaired) electrons. The fourth-order valence-corrected chi connectivity index (χ4v) is 3.91. The number of aromatic nitrogens is 2. The fraction of sp³-hybridized carbons (Fsp3) is 0.478. The molecular weight excluding hydrogens is 383 g/mol. The van der Waals surface area contributed by atoms with Crippen molar-refractivity contribution in [3.8, 4) is 0 Å². The lowest BCUT2D eigenvalue weighted by Gasteiger charge is -2.32. The third-order valence-electron chi connectivity index (χ3n) is 5.37. The second-order valence-electron chi connectivity index (χ2n) is 8.23. The Morgan fingerprint density at radius 2 is 1.93 bits per heavy atom. The van der Waals surface area contributed by atoms with E-state index in [2.05, 4.69) is 15.3 Å². The van der Waals surface area contributed by atoms with E-state index in [4.69, 9.17) is 0 Å².